The molecular weight excluding hydrogens is 288 g/mol. The molecule has 1 atom stereocenters. The fraction of sp³-hybridized carbons (Fsp3) is 0.867. The van der Waals surface area contributed by atoms with Crippen molar-refractivity contribution in [2.24, 2.45) is 11.8 Å². The summed E-state index contributed by atoms with van der Waals surface area (Å²) in [6, 6.07) is -0.287. The quantitative estimate of drug-likeness (QED) is 0.578. The Bertz CT molecular complexity index is 323. The van der Waals surface area contributed by atoms with Crippen molar-refractivity contribution in [1.82, 2.24) is 10.6 Å². The first-order valence-corrected chi connectivity index (χ1v) is 8.82. The van der Waals surface area contributed by atoms with E-state index in [9.17, 15) is 9.59 Å². The molecule has 21 heavy (non-hydrogen) atoms. The zero-order chi connectivity index (χ0) is 16.5. The van der Waals surface area contributed by atoms with Gasteiger partial charge in [0.1, 0.15) is 0 Å². The first kappa shape index (κ1) is 20.1. The minimum Gasteiger partial charge on any atom is -0.481 e. The average Bonchev–Trinajstić information content (AvgIpc) is 2.44. The number of rotatable bonds is 10. The molecule has 0 aliphatic carbocycles. The predicted octanol–water partition coefficient (Wildman–Crippen LogP) is 2.95. The lowest BCUT2D eigenvalue weighted by Gasteiger charge is -2.29. The molecule has 0 saturated heterocycles. The summed E-state index contributed by atoms with van der Waals surface area (Å²) >= 11 is 1.76. The van der Waals surface area contributed by atoms with Gasteiger partial charge < -0.3 is 15.7 Å². The van der Waals surface area contributed by atoms with Crippen LogP contribution in [0.5, 0.6) is 0 Å². The molecule has 1 unspecified atom stereocenters. The molecule has 0 radical (unpaired) electrons. The van der Waals surface area contributed by atoms with E-state index in [1.54, 1.807) is 11.8 Å². The summed E-state index contributed by atoms with van der Waals surface area (Å²) in [6.07, 6.45) is 4.58. The number of amides is 2. The Hall–Kier alpha value is -0.910. The van der Waals surface area contributed by atoms with Gasteiger partial charge in [-0.2, -0.15) is 11.8 Å². The number of nitrogens with one attached hydrogen (secondary N) is 2. The van der Waals surface area contributed by atoms with Crippen molar-refractivity contribution in [3.8, 4) is 0 Å². The van der Waals surface area contributed by atoms with Gasteiger partial charge in [-0.05, 0) is 31.4 Å². The van der Waals surface area contributed by atoms with Gasteiger partial charge in [0, 0.05) is 17.8 Å². The fourth-order valence-electron chi connectivity index (χ4n) is 2.22. The molecule has 0 rings (SSSR count). The second-order valence-electron chi connectivity index (χ2n) is 5.82. The smallest absolute Gasteiger partial charge is 0.314 e. The van der Waals surface area contributed by atoms with Crippen LogP contribution >= 0.6 is 11.8 Å². The highest BCUT2D eigenvalue weighted by Gasteiger charge is 2.26. The van der Waals surface area contributed by atoms with E-state index in [1.165, 1.54) is 0 Å². The Morgan fingerprint density at radius 1 is 1.19 bits per heavy atom. The number of carboxylic acids is 1. The molecule has 0 spiro atoms. The van der Waals surface area contributed by atoms with Crippen molar-refractivity contribution in [2.45, 2.75) is 51.7 Å². The SMILES string of the molecule is CCC(CC)(CNC(=O)NCC(CC(C)C)C(=O)O)SC. The molecule has 124 valence electrons. The third kappa shape index (κ3) is 7.60. The molecule has 0 saturated carbocycles. The van der Waals surface area contributed by atoms with Crippen molar-refractivity contribution < 1.29 is 14.7 Å². The van der Waals surface area contributed by atoms with E-state index in [-0.39, 0.29) is 17.3 Å². The van der Waals surface area contributed by atoms with Crippen LogP contribution in [0.15, 0.2) is 0 Å². The van der Waals surface area contributed by atoms with Gasteiger partial charge in [-0.25, -0.2) is 4.79 Å². The van der Waals surface area contributed by atoms with Crippen molar-refractivity contribution in [3.63, 3.8) is 0 Å². The van der Waals surface area contributed by atoms with Gasteiger partial charge in [-0.15, -0.1) is 0 Å². The number of carbonyl (C=O) groups is 2. The van der Waals surface area contributed by atoms with Gasteiger partial charge in [0.05, 0.1) is 5.92 Å². The lowest BCUT2D eigenvalue weighted by molar-refractivity contribution is -0.142. The van der Waals surface area contributed by atoms with Crippen molar-refractivity contribution >= 4 is 23.8 Å². The molecule has 6 heteroatoms. The van der Waals surface area contributed by atoms with E-state index < -0.39 is 11.9 Å². The molecule has 0 aromatic rings. The Balaban J connectivity index is 4.28. The molecule has 0 aromatic carbocycles. The Kier molecular flexibility index (Phi) is 9.49. The Morgan fingerprint density at radius 3 is 2.14 bits per heavy atom. The normalized spacial score (nSPS) is 13.0. The Labute approximate surface area is 132 Å². The van der Waals surface area contributed by atoms with Crippen LogP contribution in [0.3, 0.4) is 0 Å². The summed E-state index contributed by atoms with van der Waals surface area (Å²) in [5, 5.41) is 14.7. The van der Waals surface area contributed by atoms with E-state index in [0.717, 1.165) is 12.8 Å². The number of hydrogen-bond donors (Lipinski definition) is 3. The highest BCUT2D eigenvalue weighted by Crippen LogP contribution is 2.29. The molecule has 0 fully saturated rings. The van der Waals surface area contributed by atoms with Crippen LogP contribution in [0.4, 0.5) is 4.79 Å². The molecule has 0 aliphatic heterocycles. The summed E-state index contributed by atoms with van der Waals surface area (Å²) in [6.45, 7) is 8.95. The zero-order valence-electron chi connectivity index (χ0n) is 13.9. The molecular formula is C15H30N2O3S. The number of thioether (sulfide) groups is 1. The average molecular weight is 318 g/mol. The van der Waals surface area contributed by atoms with E-state index in [2.05, 4.69) is 30.7 Å². The fourth-order valence-corrected chi connectivity index (χ4v) is 3.01. The molecule has 0 aliphatic rings. The van der Waals surface area contributed by atoms with Crippen LogP contribution in [0.1, 0.15) is 47.0 Å². The third-order valence-corrected chi connectivity index (χ3v) is 5.49. The number of carboxylic acid groups (broad SMARTS) is 1. The second kappa shape index (κ2) is 9.92. The zero-order valence-corrected chi connectivity index (χ0v) is 14.7. The predicted molar refractivity (Wildman–Crippen MR) is 88.8 cm³/mol. The van der Waals surface area contributed by atoms with Gasteiger partial charge in [0.25, 0.3) is 0 Å². The van der Waals surface area contributed by atoms with Gasteiger partial charge in [0.15, 0.2) is 0 Å². The standard InChI is InChI=1S/C15H30N2O3S/c1-6-15(7-2,21-5)10-17-14(20)16-9-12(13(18)19)8-11(3)4/h11-12H,6-10H2,1-5H3,(H,18,19)(H2,16,17,20). The Morgan fingerprint density at radius 2 is 1.76 bits per heavy atom. The second-order valence-corrected chi connectivity index (χ2v) is 7.10. The molecule has 2 amide bonds. The van der Waals surface area contributed by atoms with E-state index in [4.69, 9.17) is 5.11 Å². The van der Waals surface area contributed by atoms with Gasteiger partial charge in [-0.1, -0.05) is 27.7 Å². The van der Waals surface area contributed by atoms with Gasteiger partial charge in [-0.3, -0.25) is 4.79 Å². The molecule has 5 nitrogen and oxygen atoms in total. The lowest BCUT2D eigenvalue weighted by atomic mass is 9.97. The van der Waals surface area contributed by atoms with E-state index >= 15 is 0 Å². The summed E-state index contributed by atoms with van der Waals surface area (Å²) in [7, 11) is 0. The summed E-state index contributed by atoms with van der Waals surface area (Å²) in [5.74, 6) is -1.09. The van der Waals surface area contributed by atoms with Gasteiger partial charge in [0.2, 0.25) is 0 Å². The van der Waals surface area contributed by atoms with Crippen LogP contribution in [0.25, 0.3) is 0 Å². The number of urea groups is 1. The number of aliphatic carboxylic acids is 1. The minimum absolute atomic E-state index is 0.0570. The van der Waals surface area contributed by atoms with Gasteiger partial charge >= 0.3 is 12.0 Å². The van der Waals surface area contributed by atoms with E-state index in [0.29, 0.717) is 18.9 Å². The monoisotopic (exact) mass is 318 g/mol. The van der Waals surface area contributed by atoms with Crippen LogP contribution in [-0.2, 0) is 4.79 Å². The summed E-state index contributed by atoms with van der Waals surface area (Å²) in [4.78, 5) is 23.0. The molecule has 0 heterocycles. The maximum Gasteiger partial charge on any atom is 0.314 e. The maximum atomic E-state index is 11.8. The third-order valence-electron chi connectivity index (χ3n) is 3.91. The van der Waals surface area contributed by atoms with Crippen LogP contribution in [0.2, 0.25) is 0 Å². The minimum atomic E-state index is -0.857. The largest absolute Gasteiger partial charge is 0.481 e. The van der Waals surface area contributed by atoms with Crippen LogP contribution < -0.4 is 10.6 Å². The van der Waals surface area contributed by atoms with Crippen molar-refractivity contribution in [3.05, 3.63) is 0 Å². The molecule has 0 aromatic heterocycles. The highest BCUT2D eigenvalue weighted by molar-refractivity contribution is 8.00. The molecule has 3 N–H and O–H groups in total. The first-order chi connectivity index (χ1) is 9.80. The topological polar surface area (TPSA) is 78.4 Å². The van der Waals surface area contributed by atoms with E-state index in [1.807, 2.05) is 13.8 Å². The van der Waals surface area contributed by atoms with Crippen LogP contribution in [0, 0.1) is 11.8 Å². The summed E-state index contributed by atoms with van der Waals surface area (Å²) < 4.78 is 0.0570. The van der Waals surface area contributed by atoms with Crippen molar-refractivity contribution in [1.29, 1.82) is 0 Å². The highest BCUT2D eigenvalue weighted by atomic mass is 32.2. The number of hydrogen-bond acceptors (Lipinski definition) is 3. The maximum absolute atomic E-state index is 11.8. The summed E-state index contributed by atoms with van der Waals surface area (Å²) in [5.41, 5.74) is 0. The van der Waals surface area contributed by atoms with Crippen LogP contribution in [-0.4, -0.2) is 41.2 Å². The first-order valence-electron chi connectivity index (χ1n) is 7.59. The number of carbonyl (C=O) groups excluding carboxylic acids is 1. The lowest BCUT2D eigenvalue weighted by Crippen LogP contribution is -2.46. The van der Waals surface area contributed by atoms with Crippen molar-refractivity contribution in [2.75, 3.05) is 19.3 Å². The molecule has 0 bridgehead atoms.